The van der Waals surface area contributed by atoms with Gasteiger partial charge in [-0.25, -0.2) is 9.59 Å². The Morgan fingerprint density at radius 1 is 0.969 bits per heavy atom. The van der Waals surface area contributed by atoms with Gasteiger partial charge in [0.25, 0.3) is 0 Å². The first-order chi connectivity index (χ1) is 15.2. The van der Waals surface area contributed by atoms with E-state index < -0.39 is 30.1 Å². The number of hydrogen-bond donors (Lipinski definition) is 3. The van der Waals surface area contributed by atoms with Gasteiger partial charge < -0.3 is 20.5 Å². The number of alkyl carbamates (subject to hydrolysis) is 1. The number of nitrogens with one attached hydrogen (secondary N) is 2. The summed E-state index contributed by atoms with van der Waals surface area (Å²) in [6.45, 7) is 5.91. The fraction of sp³-hybridized carbons (Fsp3) is 0.583. The highest BCUT2D eigenvalue weighted by Crippen LogP contribution is 2.09. The van der Waals surface area contributed by atoms with Gasteiger partial charge in [0.05, 0.1) is 0 Å². The number of rotatable bonds is 15. The zero-order valence-corrected chi connectivity index (χ0v) is 19.3. The quantitative estimate of drug-likeness (QED) is 0.351. The molecule has 0 radical (unpaired) electrons. The number of amides is 2. The zero-order chi connectivity index (χ0) is 23.9. The third kappa shape index (κ3) is 11.5. The van der Waals surface area contributed by atoms with Crippen LogP contribution in [0.1, 0.15) is 71.3 Å². The molecule has 1 aromatic carbocycles. The maximum absolute atomic E-state index is 12.8. The second-order valence-electron chi connectivity index (χ2n) is 8.33. The second kappa shape index (κ2) is 15.0. The molecule has 3 N–H and O–H groups in total. The second-order valence-corrected chi connectivity index (χ2v) is 8.33. The van der Waals surface area contributed by atoms with Gasteiger partial charge in [-0.2, -0.15) is 0 Å². The van der Waals surface area contributed by atoms with Gasteiger partial charge in [-0.1, -0.05) is 70.4 Å². The van der Waals surface area contributed by atoms with Gasteiger partial charge in [-0.3, -0.25) is 9.59 Å². The van der Waals surface area contributed by atoms with Gasteiger partial charge in [0.1, 0.15) is 24.5 Å². The van der Waals surface area contributed by atoms with E-state index in [1.807, 2.05) is 51.1 Å². The fourth-order valence-electron chi connectivity index (χ4n) is 3.17. The Morgan fingerprint density at radius 3 is 2.25 bits per heavy atom. The van der Waals surface area contributed by atoms with Crippen molar-refractivity contribution >= 4 is 23.8 Å². The molecule has 2 unspecified atom stereocenters. The number of ether oxygens (including phenoxy) is 1. The van der Waals surface area contributed by atoms with E-state index in [1.165, 1.54) is 0 Å². The molecular formula is C24H36N2O6. The first kappa shape index (κ1) is 27.1. The van der Waals surface area contributed by atoms with E-state index in [1.54, 1.807) is 0 Å². The summed E-state index contributed by atoms with van der Waals surface area (Å²) in [5.41, 5.74) is 0.812. The third-order valence-corrected chi connectivity index (χ3v) is 4.88. The van der Waals surface area contributed by atoms with Crippen LogP contribution in [-0.2, 0) is 25.7 Å². The molecule has 0 saturated heterocycles. The standard InChI is InChI=1S/C24H36N2O6/c1-4-5-7-12-20(26-24(31)32-16-18-10-8-6-9-11-18)22(28)25-21(23(29)30)14-13-19(27)15-17(2)3/h6,8-11,17,20-21H,4-5,7,12-16H2,1-3H3,(H,25,28)(H,26,31)(H,29,30). The topological polar surface area (TPSA) is 122 Å². The highest BCUT2D eigenvalue weighted by atomic mass is 16.5. The molecule has 0 aliphatic rings. The largest absolute Gasteiger partial charge is 0.480 e. The number of benzene rings is 1. The first-order valence-electron chi connectivity index (χ1n) is 11.2. The van der Waals surface area contributed by atoms with Crippen molar-refractivity contribution in [3.05, 3.63) is 35.9 Å². The maximum atomic E-state index is 12.8. The Labute approximate surface area is 190 Å². The summed E-state index contributed by atoms with van der Waals surface area (Å²) >= 11 is 0. The number of unbranched alkanes of at least 4 members (excludes halogenated alkanes) is 2. The summed E-state index contributed by atoms with van der Waals surface area (Å²) in [5.74, 6) is -1.66. The number of hydrogen-bond acceptors (Lipinski definition) is 5. The SMILES string of the molecule is CCCCCC(NC(=O)OCc1ccccc1)C(=O)NC(CCC(=O)CC(C)C)C(=O)O. The Morgan fingerprint density at radius 2 is 1.66 bits per heavy atom. The number of Topliss-reactive ketones (excluding diaryl/α,β-unsaturated/α-hetero) is 1. The predicted octanol–water partition coefficient (Wildman–Crippen LogP) is 3.83. The average molecular weight is 449 g/mol. The molecule has 8 nitrogen and oxygen atoms in total. The van der Waals surface area contributed by atoms with E-state index in [2.05, 4.69) is 10.6 Å². The molecular weight excluding hydrogens is 412 g/mol. The number of carboxylic acid groups (broad SMARTS) is 1. The summed E-state index contributed by atoms with van der Waals surface area (Å²) in [4.78, 5) is 48.5. The average Bonchev–Trinajstić information content (AvgIpc) is 2.74. The predicted molar refractivity (Wildman–Crippen MR) is 121 cm³/mol. The van der Waals surface area contributed by atoms with Crippen LogP contribution in [0.4, 0.5) is 4.79 Å². The van der Waals surface area contributed by atoms with Crippen LogP contribution in [0.5, 0.6) is 0 Å². The number of carbonyl (C=O) groups excluding carboxylic acids is 3. The van der Waals surface area contributed by atoms with Crippen molar-refractivity contribution < 1.29 is 29.0 Å². The van der Waals surface area contributed by atoms with Crippen molar-refractivity contribution in [2.75, 3.05) is 0 Å². The first-order valence-corrected chi connectivity index (χ1v) is 11.2. The molecule has 0 aliphatic carbocycles. The molecule has 1 rings (SSSR count). The molecule has 32 heavy (non-hydrogen) atoms. The number of carbonyl (C=O) groups is 4. The lowest BCUT2D eigenvalue weighted by Crippen LogP contribution is -2.51. The highest BCUT2D eigenvalue weighted by molar-refractivity contribution is 5.89. The van der Waals surface area contributed by atoms with E-state index in [9.17, 15) is 24.3 Å². The van der Waals surface area contributed by atoms with Gasteiger partial charge in [0.2, 0.25) is 5.91 Å². The monoisotopic (exact) mass is 448 g/mol. The lowest BCUT2D eigenvalue weighted by Gasteiger charge is -2.21. The van der Waals surface area contributed by atoms with Gasteiger partial charge in [0.15, 0.2) is 0 Å². The molecule has 0 aromatic heterocycles. The van der Waals surface area contributed by atoms with E-state index in [-0.39, 0.29) is 31.1 Å². The van der Waals surface area contributed by atoms with E-state index in [0.717, 1.165) is 18.4 Å². The number of aliphatic carboxylic acids is 1. The van der Waals surface area contributed by atoms with Crippen LogP contribution >= 0.6 is 0 Å². The molecule has 0 heterocycles. The van der Waals surface area contributed by atoms with Crippen molar-refractivity contribution in [2.45, 2.75) is 84.4 Å². The molecule has 0 bridgehead atoms. The zero-order valence-electron chi connectivity index (χ0n) is 19.3. The van der Waals surface area contributed by atoms with Crippen molar-refractivity contribution in [2.24, 2.45) is 5.92 Å². The molecule has 2 amide bonds. The minimum atomic E-state index is -1.21. The van der Waals surface area contributed by atoms with Crippen LogP contribution in [0.25, 0.3) is 0 Å². The van der Waals surface area contributed by atoms with Crippen molar-refractivity contribution in [3.8, 4) is 0 Å². The Bertz CT molecular complexity index is 735. The Kier molecular flexibility index (Phi) is 12.7. The van der Waals surface area contributed by atoms with Crippen LogP contribution < -0.4 is 10.6 Å². The van der Waals surface area contributed by atoms with Crippen LogP contribution in [0, 0.1) is 5.92 Å². The van der Waals surface area contributed by atoms with Gasteiger partial charge in [-0.05, 0) is 24.3 Å². The summed E-state index contributed by atoms with van der Waals surface area (Å²) in [6.07, 6.45) is 2.56. The number of carboxylic acids is 1. The lowest BCUT2D eigenvalue weighted by molar-refractivity contribution is -0.142. The van der Waals surface area contributed by atoms with Gasteiger partial charge >= 0.3 is 12.1 Å². The van der Waals surface area contributed by atoms with Crippen LogP contribution in [0.15, 0.2) is 30.3 Å². The Hall–Kier alpha value is -2.90. The van der Waals surface area contributed by atoms with Crippen molar-refractivity contribution in [1.82, 2.24) is 10.6 Å². The van der Waals surface area contributed by atoms with E-state index >= 15 is 0 Å². The molecule has 178 valence electrons. The lowest BCUT2D eigenvalue weighted by atomic mass is 10.0. The van der Waals surface area contributed by atoms with E-state index in [4.69, 9.17) is 4.74 Å². The van der Waals surface area contributed by atoms with Crippen LogP contribution in [0.2, 0.25) is 0 Å². The minimum Gasteiger partial charge on any atom is -0.480 e. The van der Waals surface area contributed by atoms with Crippen LogP contribution in [0.3, 0.4) is 0 Å². The van der Waals surface area contributed by atoms with Gasteiger partial charge in [0, 0.05) is 12.8 Å². The normalized spacial score (nSPS) is 12.6. The number of ketones is 1. The molecule has 0 spiro atoms. The van der Waals surface area contributed by atoms with Crippen molar-refractivity contribution in [1.29, 1.82) is 0 Å². The molecule has 0 saturated carbocycles. The minimum absolute atomic E-state index is 0.00671. The maximum Gasteiger partial charge on any atom is 0.408 e. The van der Waals surface area contributed by atoms with Crippen LogP contribution in [-0.4, -0.2) is 40.9 Å². The summed E-state index contributed by atoms with van der Waals surface area (Å²) in [6, 6.07) is 7.03. The molecule has 1 aromatic rings. The van der Waals surface area contributed by atoms with E-state index in [0.29, 0.717) is 19.3 Å². The molecule has 2 atom stereocenters. The highest BCUT2D eigenvalue weighted by Gasteiger charge is 2.27. The summed E-state index contributed by atoms with van der Waals surface area (Å²) in [7, 11) is 0. The van der Waals surface area contributed by atoms with Crippen molar-refractivity contribution in [3.63, 3.8) is 0 Å². The Balaban J connectivity index is 2.68. The summed E-state index contributed by atoms with van der Waals surface area (Å²) in [5, 5.41) is 14.5. The summed E-state index contributed by atoms with van der Waals surface area (Å²) < 4.78 is 5.19. The fourth-order valence-corrected chi connectivity index (χ4v) is 3.17. The smallest absolute Gasteiger partial charge is 0.408 e. The molecule has 8 heteroatoms. The molecule has 0 fully saturated rings. The van der Waals surface area contributed by atoms with Gasteiger partial charge in [-0.15, -0.1) is 0 Å². The third-order valence-electron chi connectivity index (χ3n) is 4.88. The molecule has 0 aliphatic heterocycles.